The number of rotatable bonds is 3. The van der Waals surface area contributed by atoms with Crippen molar-refractivity contribution in [1.82, 2.24) is 4.90 Å². The van der Waals surface area contributed by atoms with Crippen LogP contribution in [0.25, 0.3) is 0 Å². The Labute approximate surface area is 88.1 Å². The van der Waals surface area contributed by atoms with Gasteiger partial charge in [-0.1, -0.05) is 28.1 Å². The zero-order valence-electron chi connectivity index (χ0n) is 7.94. The van der Waals surface area contributed by atoms with Crippen LogP contribution in [-0.4, -0.2) is 36.0 Å². The highest BCUT2D eigenvalue weighted by molar-refractivity contribution is 9.09. The maximum atomic E-state index is 13.2. The van der Waals surface area contributed by atoms with Crippen molar-refractivity contribution in [3.05, 3.63) is 12.2 Å². The van der Waals surface area contributed by atoms with Crippen molar-refractivity contribution in [3.8, 4) is 0 Å². The molecule has 76 valence electrons. The van der Waals surface area contributed by atoms with Crippen LogP contribution in [0.5, 0.6) is 0 Å². The highest BCUT2D eigenvalue weighted by Gasteiger charge is 2.17. The zero-order valence-corrected chi connectivity index (χ0v) is 9.52. The van der Waals surface area contributed by atoms with Crippen molar-refractivity contribution in [2.75, 3.05) is 25.0 Å². The Bertz CT molecular complexity index is 172. The molecule has 0 saturated carbocycles. The molecule has 1 aliphatic rings. The molecule has 1 nitrogen and oxygen atoms in total. The minimum atomic E-state index is -0.634. The molecule has 0 aromatic rings. The van der Waals surface area contributed by atoms with Crippen LogP contribution < -0.4 is 0 Å². The van der Waals surface area contributed by atoms with E-state index in [2.05, 4.69) is 27.4 Å². The van der Waals surface area contributed by atoms with Gasteiger partial charge >= 0.3 is 0 Å². The van der Waals surface area contributed by atoms with Gasteiger partial charge in [-0.15, -0.1) is 0 Å². The van der Waals surface area contributed by atoms with Gasteiger partial charge in [0.2, 0.25) is 0 Å². The Kier molecular flexibility index (Phi) is 4.96. The van der Waals surface area contributed by atoms with Gasteiger partial charge in [0.05, 0.1) is 0 Å². The van der Waals surface area contributed by atoms with Crippen LogP contribution in [0.3, 0.4) is 0 Å². The van der Waals surface area contributed by atoms with E-state index in [1.54, 1.807) is 0 Å². The third kappa shape index (κ3) is 4.23. The molecule has 1 aliphatic heterocycles. The second-order valence-electron chi connectivity index (χ2n) is 3.71. The number of likely N-dealkylation sites (tertiary alicyclic amines) is 1. The number of halogens is 2. The summed E-state index contributed by atoms with van der Waals surface area (Å²) in [5.41, 5.74) is 1.13. The average molecular weight is 250 g/mol. The summed E-state index contributed by atoms with van der Waals surface area (Å²) in [5, 5.41) is 0.820. The normalized spacial score (nSPS) is 25.5. The summed E-state index contributed by atoms with van der Waals surface area (Å²) in [6.45, 7) is 6.36. The molecule has 0 radical (unpaired) electrons. The molecule has 0 aliphatic carbocycles. The van der Waals surface area contributed by atoms with Crippen molar-refractivity contribution in [1.29, 1.82) is 0 Å². The van der Waals surface area contributed by atoms with E-state index in [4.69, 9.17) is 0 Å². The smallest absolute Gasteiger partial charge is 0.113 e. The second-order valence-corrected chi connectivity index (χ2v) is 4.27. The molecule has 0 aromatic carbocycles. The number of nitrogens with zero attached hydrogens (tertiary/aromatic N) is 1. The van der Waals surface area contributed by atoms with Gasteiger partial charge in [0.25, 0.3) is 0 Å². The first-order valence-corrected chi connectivity index (χ1v) is 5.93. The quantitative estimate of drug-likeness (QED) is 0.550. The van der Waals surface area contributed by atoms with E-state index in [0.29, 0.717) is 6.54 Å². The molecule has 1 heterocycles. The first kappa shape index (κ1) is 11.2. The summed E-state index contributed by atoms with van der Waals surface area (Å²) in [5.74, 6) is 0. The largest absolute Gasteiger partial charge is 0.297 e. The molecular formula is C10H17BrFN. The van der Waals surface area contributed by atoms with Crippen LogP contribution in [0.4, 0.5) is 4.39 Å². The molecule has 0 bridgehead atoms. The van der Waals surface area contributed by atoms with Crippen LogP contribution in [0, 0.1) is 0 Å². The third-order valence-electron chi connectivity index (χ3n) is 2.33. The fraction of sp³-hybridized carbons (Fsp3) is 0.800. The predicted molar refractivity (Wildman–Crippen MR) is 58.1 cm³/mol. The zero-order chi connectivity index (χ0) is 9.68. The van der Waals surface area contributed by atoms with Crippen LogP contribution in [-0.2, 0) is 0 Å². The van der Waals surface area contributed by atoms with Gasteiger partial charge in [0.15, 0.2) is 0 Å². The van der Waals surface area contributed by atoms with E-state index in [1.165, 1.54) is 0 Å². The number of hydrogen-bond donors (Lipinski definition) is 0. The molecule has 1 unspecified atom stereocenters. The van der Waals surface area contributed by atoms with Gasteiger partial charge in [0, 0.05) is 18.4 Å². The lowest BCUT2D eigenvalue weighted by Crippen LogP contribution is -2.31. The molecule has 0 amide bonds. The highest BCUT2D eigenvalue weighted by Crippen LogP contribution is 2.14. The van der Waals surface area contributed by atoms with Gasteiger partial charge in [-0.2, -0.15) is 0 Å². The molecule has 13 heavy (non-hydrogen) atoms. The van der Waals surface area contributed by atoms with Crippen LogP contribution >= 0.6 is 15.9 Å². The topological polar surface area (TPSA) is 3.24 Å². The summed E-state index contributed by atoms with van der Waals surface area (Å²) in [7, 11) is 0. The Morgan fingerprint density at radius 1 is 1.54 bits per heavy atom. The Balaban J connectivity index is 2.34. The van der Waals surface area contributed by atoms with E-state index in [1.807, 2.05) is 0 Å². The molecule has 1 saturated heterocycles. The van der Waals surface area contributed by atoms with Crippen molar-refractivity contribution < 1.29 is 4.39 Å². The Morgan fingerprint density at radius 2 is 2.31 bits per heavy atom. The highest BCUT2D eigenvalue weighted by atomic mass is 79.9. The first-order valence-electron chi connectivity index (χ1n) is 4.81. The fourth-order valence-corrected chi connectivity index (χ4v) is 1.84. The van der Waals surface area contributed by atoms with Crippen LogP contribution in [0.1, 0.15) is 19.3 Å². The molecule has 0 spiro atoms. The standard InChI is InChI=1S/C10H17BrFN/c1-9(6-11)7-13-5-3-2-4-10(12)8-13/h10H,1-8H2. The Hall–Kier alpha value is 0.110. The van der Waals surface area contributed by atoms with E-state index in [0.717, 1.165) is 43.3 Å². The maximum Gasteiger partial charge on any atom is 0.113 e. The summed E-state index contributed by atoms with van der Waals surface area (Å²) in [4.78, 5) is 2.17. The van der Waals surface area contributed by atoms with Gasteiger partial charge < -0.3 is 0 Å². The van der Waals surface area contributed by atoms with Gasteiger partial charge in [-0.3, -0.25) is 4.90 Å². The lowest BCUT2D eigenvalue weighted by atomic mass is 10.2. The fourth-order valence-electron chi connectivity index (χ4n) is 1.67. The molecule has 0 aromatic heterocycles. The summed E-state index contributed by atoms with van der Waals surface area (Å²) in [6, 6.07) is 0. The first-order chi connectivity index (χ1) is 6.22. The molecule has 1 atom stereocenters. The van der Waals surface area contributed by atoms with Crippen LogP contribution in [0.2, 0.25) is 0 Å². The lowest BCUT2D eigenvalue weighted by molar-refractivity contribution is 0.219. The molecule has 1 rings (SSSR count). The number of hydrogen-bond acceptors (Lipinski definition) is 1. The number of alkyl halides is 2. The summed E-state index contributed by atoms with van der Waals surface area (Å²) in [6.07, 6.45) is 2.25. The predicted octanol–water partition coefficient (Wildman–Crippen LogP) is 2.76. The second kappa shape index (κ2) is 5.76. The van der Waals surface area contributed by atoms with Crippen molar-refractivity contribution in [2.45, 2.75) is 25.4 Å². The van der Waals surface area contributed by atoms with Crippen LogP contribution in [0.15, 0.2) is 12.2 Å². The molecule has 1 fully saturated rings. The lowest BCUT2D eigenvalue weighted by Gasteiger charge is -2.21. The van der Waals surface area contributed by atoms with Crippen molar-refractivity contribution in [2.24, 2.45) is 0 Å². The maximum absolute atomic E-state index is 13.2. The van der Waals surface area contributed by atoms with Gasteiger partial charge in [-0.05, 0) is 25.8 Å². The molecule has 3 heteroatoms. The average Bonchev–Trinajstić information content (AvgIpc) is 2.30. The summed E-state index contributed by atoms with van der Waals surface area (Å²) >= 11 is 3.36. The van der Waals surface area contributed by atoms with Gasteiger partial charge in [-0.25, -0.2) is 4.39 Å². The van der Waals surface area contributed by atoms with E-state index in [9.17, 15) is 4.39 Å². The van der Waals surface area contributed by atoms with Crippen molar-refractivity contribution in [3.63, 3.8) is 0 Å². The SMILES string of the molecule is C=C(CBr)CN1CCCCC(F)C1. The molecular weight excluding hydrogens is 233 g/mol. The van der Waals surface area contributed by atoms with E-state index >= 15 is 0 Å². The van der Waals surface area contributed by atoms with Gasteiger partial charge in [0.1, 0.15) is 6.17 Å². The minimum absolute atomic E-state index is 0.589. The monoisotopic (exact) mass is 249 g/mol. The Morgan fingerprint density at radius 3 is 3.00 bits per heavy atom. The van der Waals surface area contributed by atoms with E-state index in [-0.39, 0.29) is 0 Å². The molecule has 0 N–H and O–H groups in total. The van der Waals surface area contributed by atoms with E-state index < -0.39 is 6.17 Å². The van der Waals surface area contributed by atoms with Crippen molar-refractivity contribution >= 4 is 15.9 Å². The summed E-state index contributed by atoms with van der Waals surface area (Å²) < 4.78 is 13.2. The third-order valence-corrected chi connectivity index (χ3v) is 3.13. The minimum Gasteiger partial charge on any atom is -0.297 e.